The van der Waals surface area contributed by atoms with Crippen molar-refractivity contribution < 1.29 is 19.2 Å². The van der Waals surface area contributed by atoms with E-state index in [9.17, 15) is 14.9 Å². The summed E-state index contributed by atoms with van der Waals surface area (Å²) in [5.74, 6) is -0.172. The lowest BCUT2D eigenvalue weighted by atomic mass is 10.1. The van der Waals surface area contributed by atoms with Crippen molar-refractivity contribution in [3.05, 3.63) is 63.2 Å². The monoisotopic (exact) mass is 356 g/mol. The molecule has 1 heterocycles. The molecule has 0 aromatic heterocycles. The van der Waals surface area contributed by atoms with E-state index in [1.807, 2.05) is 30.9 Å². The van der Waals surface area contributed by atoms with E-state index in [-0.39, 0.29) is 11.3 Å². The van der Waals surface area contributed by atoms with Crippen LogP contribution in [0.1, 0.15) is 21.5 Å². The summed E-state index contributed by atoms with van der Waals surface area (Å²) in [6.45, 7) is 5.99. The Morgan fingerprint density at radius 3 is 2.54 bits per heavy atom. The predicted molar refractivity (Wildman–Crippen MR) is 97.0 cm³/mol. The number of nitro groups is 1. The van der Waals surface area contributed by atoms with Crippen LogP contribution in [-0.2, 0) is 4.74 Å². The zero-order chi connectivity index (χ0) is 18.7. The largest absolute Gasteiger partial charge is 0.423 e. The zero-order valence-corrected chi connectivity index (χ0v) is 14.7. The third-order valence-corrected chi connectivity index (χ3v) is 4.29. The van der Waals surface area contributed by atoms with Gasteiger partial charge in [-0.3, -0.25) is 10.1 Å². The minimum Gasteiger partial charge on any atom is -0.423 e. The molecule has 26 heavy (non-hydrogen) atoms. The molecule has 0 bridgehead atoms. The zero-order valence-electron chi connectivity index (χ0n) is 14.7. The van der Waals surface area contributed by atoms with Gasteiger partial charge in [0.05, 0.1) is 23.7 Å². The molecule has 3 rings (SSSR count). The Balaban J connectivity index is 1.86. The fourth-order valence-corrected chi connectivity index (χ4v) is 2.94. The van der Waals surface area contributed by atoms with Crippen LogP contribution < -0.4 is 9.64 Å². The van der Waals surface area contributed by atoms with Gasteiger partial charge in [0.2, 0.25) is 0 Å². The van der Waals surface area contributed by atoms with Crippen molar-refractivity contribution in [2.24, 2.45) is 0 Å². The first-order valence-electron chi connectivity index (χ1n) is 8.36. The topological polar surface area (TPSA) is 81.9 Å². The van der Waals surface area contributed by atoms with E-state index < -0.39 is 10.9 Å². The van der Waals surface area contributed by atoms with Gasteiger partial charge < -0.3 is 14.4 Å². The molecule has 136 valence electrons. The van der Waals surface area contributed by atoms with Crippen LogP contribution in [0.5, 0.6) is 5.75 Å². The lowest BCUT2D eigenvalue weighted by molar-refractivity contribution is -0.384. The number of esters is 1. The summed E-state index contributed by atoms with van der Waals surface area (Å²) in [6.07, 6.45) is 0. The molecule has 0 radical (unpaired) electrons. The van der Waals surface area contributed by atoms with Gasteiger partial charge in [-0.1, -0.05) is 17.7 Å². The Bertz CT molecular complexity index is 844. The number of nitro benzene ring substituents is 1. The molecule has 7 nitrogen and oxygen atoms in total. The second-order valence-corrected chi connectivity index (χ2v) is 6.22. The van der Waals surface area contributed by atoms with Crippen molar-refractivity contribution in [1.82, 2.24) is 0 Å². The molecule has 0 aliphatic carbocycles. The molecular weight excluding hydrogens is 336 g/mol. The van der Waals surface area contributed by atoms with Gasteiger partial charge in [-0.05, 0) is 37.6 Å². The van der Waals surface area contributed by atoms with Crippen LogP contribution in [0.15, 0.2) is 36.4 Å². The maximum absolute atomic E-state index is 12.4. The second kappa shape index (κ2) is 7.53. The predicted octanol–water partition coefficient (Wildman–Crippen LogP) is 3.27. The number of benzene rings is 2. The van der Waals surface area contributed by atoms with E-state index in [2.05, 4.69) is 0 Å². The average Bonchev–Trinajstić information content (AvgIpc) is 2.64. The van der Waals surface area contributed by atoms with Crippen molar-refractivity contribution in [2.45, 2.75) is 13.8 Å². The Hall–Kier alpha value is -2.93. The van der Waals surface area contributed by atoms with Crippen LogP contribution >= 0.6 is 0 Å². The summed E-state index contributed by atoms with van der Waals surface area (Å²) < 4.78 is 10.7. The summed E-state index contributed by atoms with van der Waals surface area (Å²) in [4.78, 5) is 25.3. The van der Waals surface area contributed by atoms with E-state index in [1.165, 1.54) is 6.07 Å². The first-order valence-corrected chi connectivity index (χ1v) is 8.36. The van der Waals surface area contributed by atoms with Gasteiger partial charge in [-0.2, -0.15) is 0 Å². The van der Waals surface area contributed by atoms with Crippen LogP contribution in [0.4, 0.5) is 11.4 Å². The fraction of sp³-hybridized carbons (Fsp3) is 0.316. The minimum absolute atomic E-state index is 0.109. The smallest absolute Gasteiger partial charge is 0.343 e. The van der Waals surface area contributed by atoms with Gasteiger partial charge in [0.25, 0.3) is 5.69 Å². The van der Waals surface area contributed by atoms with Crippen LogP contribution in [0.25, 0.3) is 0 Å². The highest BCUT2D eigenvalue weighted by Crippen LogP contribution is 2.30. The number of ether oxygens (including phenoxy) is 2. The number of carbonyl (C=O) groups is 1. The lowest BCUT2D eigenvalue weighted by Gasteiger charge is -2.28. The number of morpholine rings is 1. The summed E-state index contributed by atoms with van der Waals surface area (Å²) in [5.41, 5.74) is 2.42. The van der Waals surface area contributed by atoms with Crippen molar-refractivity contribution >= 4 is 17.3 Å². The third kappa shape index (κ3) is 3.83. The molecule has 7 heteroatoms. The highest BCUT2D eigenvalue weighted by molar-refractivity contribution is 5.93. The molecule has 1 saturated heterocycles. The normalized spacial score (nSPS) is 14.2. The number of hydrogen-bond acceptors (Lipinski definition) is 6. The maximum atomic E-state index is 12.4. The maximum Gasteiger partial charge on any atom is 0.343 e. The first kappa shape index (κ1) is 17.9. The van der Waals surface area contributed by atoms with Crippen LogP contribution in [0.3, 0.4) is 0 Å². The average molecular weight is 356 g/mol. The van der Waals surface area contributed by atoms with E-state index >= 15 is 0 Å². The number of carbonyl (C=O) groups excluding carboxylic acids is 1. The molecule has 0 spiro atoms. The van der Waals surface area contributed by atoms with E-state index in [0.717, 1.165) is 11.1 Å². The Labute approximate surface area is 151 Å². The summed E-state index contributed by atoms with van der Waals surface area (Å²) >= 11 is 0. The molecule has 2 aromatic rings. The summed E-state index contributed by atoms with van der Waals surface area (Å²) in [6, 6.07) is 9.91. The number of aryl methyl sites for hydroxylation is 2. The second-order valence-electron chi connectivity index (χ2n) is 6.22. The highest BCUT2D eigenvalue weighted by Gasteiger charge is 2.24. The Kier molecular flexibility index (Phi) is 5.18. The molecule has 0 unspecified atom stereocenters. The molecule has 1 fully saturated rings. The van der Waals surface area contributed by atoms with Gasteiger partial charge in [-0.25, -0.2) is 4.79 Å². The minimum atomic E-state index is -0.617. The molecule has 0 amide bonds. The summed E-state index contributed by atoms with van der Waals surface area (Å²) in [5, 5.41) is 11.5. The SMILES string of the molecule is Cc1ccc(OC(=O)c2ccc(N3CCOCC3)c([N+](=O)[O-])c2)c(C)c1. The Morgan fingerprint density at radius 2 is 1.88 bits per heavy atom. The highest BCUT2D eigenvalue weighted by atomic mass is 16.6. The van der Waals surface area contributed by atoms with Crippen molar-refractivity contribution in [1.29, 1.82) is 0 Å². The molecule has 0 atom stereocenters. The van der Waals surface area contributed by atoms with Gasteiger partial charge in [0, 0.05) is 19.2 Å². The van der Waals surface area contributed by atoms with Gasteiger partial charge in [0.15, 0.2) is 0 Å². The summed E-state index contributed by atoms with van der Waals surface area (Å²) in [7, 11) is 0. The molecule has 0 N–H and O–H groups in total. The molecule has 2 aromatic carbocycles. The van der Waals surface area contributed by atoms with Gasteiger partial charge in [0.1, 0.15) is 11.4 Å². The van der Waals surface area contributed by atoms with E-state index in [0.29, 0.717) is 37.7 Å². The molecule has 1 aliphatic rings. The van der Waals surface area contributed by atoms with Crippen molar-refractivity contribution in [2.75, 3.05) is 31.2 Å². The standard InChI is InChI=1S/C19H20N2O5/c1-13-3-6-18(14(2)11-13)26-19(22)15-4-5-16(17(12-15)21(23)24)20-7-9-25-10-8-20/h3-6,11-12H,7-10H2,1-2H3. The third-order valence-electron chi connectivity index (χ3n) is 4.29. The van der Waals surface area contributed by atoms with Gasteiger partial charge in [-0.15, -0.1) is 0 Å². The van der Waals surface area contributed by atoms with Crippen LogP contribution in [0.2, 0.25) is 0 Å². The number of nitrogens with zero attached hydrogens (tertiary/aromatic N) is 2. The van der Waals surface area contributed by atoms with Gasteiger partial charge >= 0.3 is 5.97 Å². The molecule has 1 aliphatic heterocycles. The first-order chi connectivity index (χ1) is 12.5. The Morgan fingerprint density at radius 1 is 1.15 bits per heavy atom. The number of hydrogen-bond donors (Lipinski definition) is 0. The lowest BCUT2D eigenvalue weighted by Crippen LogP contribution is -2.36. The fourth-order valence-electron chi connectivity index (χ4n) is 2.94. The quantitative estimate of drug-likeness (QED) is 0.362. The number of rotatable bonds is 4. The molecule has 0 saturated carbocycles. The van der Waals surface area contributed by atoms with E-state index in [1.54, 1.807) is 18.2 Å². The van der Waals surface area contributed by atoms with Crippen LogP contribution in [0, 0.1) is 24.0 Å². The number of anilines is 1. The van der Waals surface area contributed by atoms with E-state index in [4.69, 9.17) is 9.47 Å². The molecular formula is C19H20N2O5. The van der Waals surface area contributed by atoms with Crippen molar-refractivity contribution in [3.8, 4) is 5.75 Å². The van der Waals surface area contributed by atoms with Crippen molar-refractivity contribution in [3.63, 3.8) is 0 Å². The van der Waals surface area contributed by atoms with Crippen LogP contribution in [-0.4, -0.2) is 37.2 Å².